The summed E-state index contributed by atoms with van der Waals surface area (Å²) in [6, 6.07) is 9.97. The van der Waals surface area contributed by atoms with Gasteiger partial charge in [0, 0.05) is 11.2 Å². The lowest BCUT2D eigenvalue weighted by atomic mass is 10.0. The van der Waals surface area contributed by atoms with Gasteiger partial charge in [-0.25, -0.2) is 0 Å². The molecule has 0 bridgehead atoms. The van der Waals surface area contributed by atoms with E-state index in [4.69, 9.17) is 23.2 Å². The van der Waals surface area contributed by atoms with Crippen LogP contribution in [-0.2, 0) is 0 Å². The topological polar surface area (TPSA) is 24.9 Å². The van der Waals surface area contributed by atoms with Crippen molar-refractivity contribution in [2.45, 2.75) is 26.3 Å². The summed E-state index contributed by atoms with van der Waals surface area (Å²) in [4.78, 5) is 4.42. The van der Waals surface area contributed by atoms with Crippen molar-refractivity contribution in [2.75, 3.05) is 6.54 Å². The molecule has 106 valence electrons. The van der Waals surface area contributed by atoms with Gasteiger partial charge >= 0.3 is 0 Å². The molecule has 2 rings (SSSR count). The van der Waals surface area contributed by atoms with E-state index in [0.29, 0.717) is 5.02 Å². The lowest BCUT2D eigenvalue weighted by Gasteiger charge is -2.19. The predicted molar refractivity (Wildman–Crippen MR) is 85.6 cm³/mol. The van der Waals surface area contributed by atoms with Gasteiger partial charge in [0.25, 0.3) is 0 Å². The SMILES string of the molecule is CCCNC(c1ccc(C)c(Cl)c1)c1ccc(Cl)cn1. The van der Waals surface area contributed by atoms with Crippen molar-refractivity contribution in [3.8, 4) is 0 Å². The Labute approximate surface area is 130 Å². The van der Waals surface area contributed by atoms with Crippen LogP contribution in [0.2, 0.25) is 10.0 Å². The van der Waals surface area contributed by atoms with E-state index < -0.39 is 0 Å². The van der Waals surface area contributed by atoms with Crippen molar-refractivity contribution in [2.24, 2.45) is 0 Å². The fraction of sp³-hybridized carbons (Fsp3) is 0.312. The number of halogens is 2. The Hall–Kier alpha value is -1.09. The number of hydrogen-bond donors (Lipinski definition) is 1. The second-order valence-electron chi connectivity index (χ2n) is 4.80. The Kier molecular flexibility index (Phi) is 5.41. The molecule has 0 saturated carbocycles. The van der Waals surface area contributed by atoms with Crippen LogP contribution in [0.25, 0.3) is 0 Å². The minimum absolute atomic E-state index is 0.0327. The molecule has 0 aliphatic carbocycles. The summed E-state index contributed by atoms with van der Waals surface area (Å²) in [7, 11) is 0. The zero-order valence-electron chi connectivity index (χ0n) is 11.7. The largest absolute Gasteiger partial charge is 0.305 e. The number of benzene rings is 1. The summed E-state index contributed by atoms with van der Waals surface area (Å²) in [6.07, 6.45) is 2.73. The van der Waals surface area contributed by atoms with E-state index in [1.807, 2.05) is 31.2 Å². The summed E-state index contributed by atoms with van der Waals surface area (Å²) in [5.41, 5.74) is 3.14. The quantitative estimate of drug-likeness (QED) is 0.859. The minimum atomic E-state index is 0.0327. The fourth-order valence-electron chi connectivity index (χ4n) is 2.03. The van der Waals surface area contributed by atoms with Gasteiger partial charge in [-0.1, -0.05) is 42.3 Å². The molecule has 4 heteroatoms. The first-order valence-corrected chi connectivity index (χ1v) is 7.48. The molecule has 0 fully saturated rings. The predicted octanol–water partition coefficient (Wildman–Crippen LogP) is 4.79. The molecule has 0 saturated heterocycles. The molecule has 1 aromatic carbocycles. The van der Waals surface area contributed by atoms with E-state index in [-0.39, 0.29) is 6.04 Å². The molecule has 1 aromatic heterocycles. The Morgan fingerprint density at radius 3 is 2.60 bits per heavy atom. The van der Waals surface area contributed by atoms with Crippen molar-refractivity contribution in [1.82, 2.24) is 10.3 Å². The molecular weight excluding hydrogens is 291 g/mol. The molecule has 2 aromatic rings. The van der Waals surface area contributed by atoms with Gasteiger partial charge < -0.3 is 5.32 Å². The van der Waals surface area contributed by atoms with Gasteiger partial charge in [0.05, 0.1) is 16.8 Å². The first-order chi connectivity index (χ1) is 9.61. The van der Waals surface area contributed by atoms with Crippen molar-refractivity contribution >= 4 is 23.2 Å². The molecule has 0 radical (unpaired) electrons. The molecule has 1 unspecified atom stereocenters. The second-order valence-corrected chi connectivity index (χ2v) is 5.64. The van der Waals surface area contributed by atoms with E-state index in [9.17, 15) is 0 Å². The Balaban J connectivity index is 2.35. The first kappa shape index (κ1) is 15.3. The minimum Gasteiger partial charge on any atom is -0.305 e. The van der Waals surface area contributed by atoms with Crippen LogP contribution >= 0.6 is 23.2 Å². The van der Waals surface area contributed by atoms with Gasteiger partial charge in [-0.15, -0.1) is 0 Å². The van der Waals surface area contributed by atoms with Crippen molar-refractivity contribution in [1.29, 1.82) is 0 Å². The summed E-state index contributed by atoms with van der Waals surface area (Å²) in [5.74, 6) is 0. The lowest BCUT2D eigenvalue weighted by Crippen LogP contribution is -2.24. The third-order valence-electron chi connectivity index (χ3n) is 3.17. The van der Waals surface area contributed by atoms with Crippen LogP contribution in [0.5, 0.6) is 0 Å². The van der Waals surface area contributed by atoms with E-state index in [1.54, 1.807) is 6.20 Å². The Morgan fingerprint density at radius 1 is 1.20 bits per heavy atom. The van der Waals surface area contributed by atoms with Gasteiger partial charge in [0.1, 0.15) is 0 Å². The number of rotatable bonds is 5. The molecule has 20 heavy (non-hydrogen) atoms. The number of pyridine rings is 1. The van der Waals surface area contributed by atoms with Gasteiger partial charge in [0.2, 0.25) is 0 Å². The van der Waals surface area contributed by atoms with E-state index >= 15 is 0 Å². The number of hydrogen-bond acceptors (Lipinski definition) is 2. The van der Waals surface area contributed by atoms with Crippen LogP contribution in [0, 0.1) is 6.92 Å². The smallest absolute Gasteiger partial charge is 0.0751 e. The highest BCUT2D eigenvalue weighted by atomic mass is 35.5. The average molecular weight is 309 g/mol. The van der Waals surface area contributed by atoms with Crippen molar-refractivity contribution < 1.29 is 0 Å². The molecule has 0 spiro atoms. The number of nitrogens with one attached hydrogen (secondary N) is 1. The molecule has 1 heterocycles. The van der Waals surface area contributed by atoms with Crippen LogP contribution in [0.3, 0.4) is 0 Å². The van der Waals surface area contributed by atoms with E-state index in [2.05, 4.69) is 23.3 Å². The van der Waals surface area contributed by atoms with Crippen LogP contribution in [0.1, 0.15) is 36.2 Å². The third kappa shape index (κ3) is 3.72. The normalized spacial score (nSPS) is 12.4. The summed E-state index contributed by atoms with van der Waals surface area (Å²) < 4.78 is 0. The highest BCUT2D eigenvalue weighted by molar-refractivity contribution is 6.31. The zero-order chi connectivity index (χ0) is 14.5. The zero-order valence-corrected chi connectivity index (χ0v) is 13.2. The Bertz CT molecular complexity index is 567. The highest BCUT2D eigenvalue weighted by Crippen LogP contribution is 2.26. The van der Waals surface area contributed by atoms with Gasteiger partial charge in [0.15, 0.2) is 0 Å². The average Bonchev–Trinajstić information content (AvgIpc) is 2.45. The first-order valence-electron chi connectivity index (χ1n) is 6.72. The van der Waals surface area contributed by atoms with Crippen LogP contribution < -0.4 is 5.32 Å². The van der Waals surface area contributed by atoms with Crippen LogP contribution in [0.4, 0.5) is 0 Å². The fourth-order valence-corrected chi connectivity index (χ4v) is 2.33. The molecule has 1 N–H and O–H groups in total. The van der Waals surface area contributed by atoms with Crippen molar-refractivity contribution in [3.05, 3.63) is 63.4 Å². The van der Waals surface area contributed by atoms with Gasteiger partial charge in [-0.2, -0.15) is 0 Å². The van der Waals surface area contributed by atoms with Gasteiger partial charge in [-0.3, -0.25) is 4.98 Å². The summed E-state index contributed by atoms with van der Waals surface area (Å²) in [5, 5.41) is 4.92. The van der Waals surface area contributed by atoms with E-state index in [1.165, 1.54) is 0 Å². The maximum atomic E-state index is 6.24. The van der Waals surface area contributed by atoms with Crippen LogP contribution in [0.15, 0.2) is 36.5 Å². The monoisotopic (exact) mass is 308 g/mol. The number of nitrogens with zero attached hydrogens (tertiary/aromatic N) is 1. The highest BCUT2D eigenvalue weighted by Gasteiger charge is 2.15. The Morgan fingerprint density at radius 2 is 2.00 bits per heavy atom. The maximum absolute atomic E-state index is 6.24. The molecule has 1 atom stereocenters. The number of aromatic nitrogens is 1. The molecule has 2 nitrogen and oxygen atoms in total. The van der Waals surface area contributed by atoms with Crippen molar-refractivity contribution in [3.63, 3.8) is 0 Å². The van der Waals surface area contributed by atoms with Crippen LogP contribution in [-0.4, -0.2) is 11.5 Å². The molecule has 0 aliphatic heterocycles. The maximum Gasteiger partial charge on any atom is 0.0751 e. The lowest BCUT2D eigenvalue weighted by molar-refractivity contribution is 0.586. The van der Waals surface area contributed by atoms with E-state index in [0.717, 1.165) is 34.8 Å². The second kappa shape index (κ2) is 7.07. The summed E-state index contributed by atoms with van der Waals surface area (Å²) >= 11 is 12.1. The number of aryl methyl sites for hydroxylation is 1. The molecule has 0 aliphatic rings. The standard InChI is InChI=1S/C16H18Cl2N2/c1-3-8-19-16(15-7-6-13(17)10-20-15)12-5-4-11(2)14(18)9-12/h4-7,9-10,16,19H,3,8H2,1-2H3. The summed E-state index contributed by atoms with van der Waals surface area (Å²) in [6.45, 7) is 5.06. The molecular formula is C16H18Cl2N2. The van der Waals surface area contributed by atoms with Gasteiger partial charge in [-0.05, 0) is 49.2 Å². The third-order valence-corrected chi connectivity index (χ3v) is 3.80. The molecule has 0 amide bonds.